The second kappa shape index (κ2) is 7.44. The van der Waals surface area contributed by atoms with Gasteiger partial charge in [0, 0.05) is 24.0 Å². The Balaban J connectivity index is 1.76. The van der Waals surface area contributed by atoms with Gasteiger partial charge < -0.3 is 15.7 Å². The maximum atomic E-state index is 11.7. The molecule has 1 aromatic rings. The summed E-state index contributed by atoms with van der Waals surface area (Å²) in [6.07, 6.45) is 6.86. The first-order chi connectivity index (χ1) is 11.3. The summed E-state index contributed by atoms with van der Waals surface area (Å²) in [7, 11) is 0. The highest BCUT2D eigenvalue weighted by atomic mass is 16.3. The van der Waals surface area contributed by atoms with E-state index in [-0.39, 0.29) is 17.9 Å². The molecular formula is C17H25N5O2. The van der Waals surface area contributed by atoms with Crippen LogP contribution in [0.15, 0.2) is 30.6 Å². The number of rotatable bonds is 6. The summed E-state index contributed by atoms with van der Waals surface area (Å²) in [5.41, 5.74) is -0.217. The third-order valence-corrected chi connectivity index (χ3v) is 3.89. The summed E-state index contributed by atoms with van der Waals surface area (Å²) in [5.74, 6) is 1.13. The van der Waals surface area contributed by atoms with Crippen LogP contribution in [0.5, 0.6) is 0 Å². The molecule has 0 radical (unpaired) electrons. The molecule has 0 bridgehead atoms. The summed E-state index contributed by atoms with van der Waals surface area (Å²) in [6.45, 7) is 5.36. The molecule has 0 unspecified atom stereocenters. The van der Waals surface area contributed by atoms with Crippen molar-refractivity contribution in [3.05, 3.63) is 36.2 Å². The summed E-state index contributed by atoms with van der Waals surface area (Å²) >= 11 is 0. The molecule has 2 amide bonds. The molecular weight excluding hydrogens is 306 g/mol. The lowest BCUT2D eigenvalue weighted by Crippen LogP contribution is -2.43. The maximum Gasteiger partial charge on any atom is 0.320 e. The van der Waals surface area contributed by atoms with Gasteiger partial charge in [-0.05, 0) is 51.7 Å². The number of nitrogens with one attached hydrogen (secondary N) is 4. The second-order valence-electron chi connectivity index (χ2n) is 6.61. The molecule has 1 fully saturated rings. The number of nitrogens with zero attached hydrogens (tertiary/aromatic N) is 1. The Kier molecular flexibility index (Phi) is 5.56. The van der Waals surface area contributed by atoms with E-state index in [1.165, 1.54) is 12.3 Å². The van der Waals surface area contributed by atoms with Crippen LogP contribution in [0, 0.1) is 11.3 Å². The van der Waals surface area contributed by atoms with Gasteiger partial charge in [-0.2, -0.15) is 0 Å². The van der Waals surface area contributed by atoms with Crippen molar-refractivity contribution in [1.82, 2.24) is 15.6 Å². The van der Waals surface area contributed by atoms with Crippen molar-refractivity contribution in [1.29, 1.82) is 5.41 Å². The SMILES string of the molecule is C[C@H](NC(=O)NC(=N)/C=C\Nc1ccc(C(C)(C)O)cn1)C1CC1. The highest BCUT2D eigenvalue weighted by molar-refractivity contribution is 6.02. The number of carbonyl (C=O) groups excluding carboxylic acids is 1. The first-order valence-corrected chi connectivity index (χ1v) is 8.04. The minimum absolute atomic E-state index is 0.0175. The molecule has 0 aliphatic heterocycles. The lowest BCUT2D eigenvalue weighted by molar-refractivity contribution is 0.0782. The number of hydrogen-bond donors (Lipinski definition) is 5. The van der Waals surface area contributed by atoms with Crippen LogP contribution < -0.4 is 16.0 Å². The van der Waals surface area contributed by atoms with Gasteiger partial charge in [-0.15, -0.1) is 0 Å². The molecule has 130 valence electrons. The zero-order valence-corrected chi connectivity index (χ0v) is 14.3. The third kappa shape index (κ3) is 5.66. The van der Waals surface area contributed by atoms with Crippen LogP contribution in [-0.2, 0) is 5.60 Å². The van der Waals surface area contributed by atoms with Crippen molar-refractivity contribution in [3.8, 4) is 0 Å². The smallest absolute Gasteiger partial charge is 0.320 e. The van der Waals surface area contributed by atoms with Gasteiger partial charge in [0.1, 0.15) is 11.7 Å². The van der Waals surface area contributed by atoms with Crippen LogP contribution in [0.3, 0.4) is 0 Å². The fraction of sp³-hybridized carbons (Fsp3) is 0.471. The number of hydrogen-bond acceptors (Lipinski definition) is 5. The second-order valence-corrected chi connectivity index (χ2v) is 6.61. The molecule has 1 saturated carbocycles. The van der Waals surface area contributed by atoms with E-state index in [2.05, 4.69) is 20.9 Å². The molecule has 0 spiro atoms. The van der Waals surface area contributed by atoms with Gasteiger partial charge in [-0.25, -0.2) is 9.78 Å². The van der Waals surface area contributed by atoms with Crippen molar-refractivity contribution in [2.45, 2.75) is 45.3 Å². The van der Waals surface area contributed by atoms with Crippen molar-refractivity contribution >= 4 is 17.7 Å². The molecule has 1 heterocycles. The number of urea groups is 1. The van der Waals surface area contributed by atoms with Gasteiger partial charge in [0.15, 0.2) is 0 Å². The Labute approximate surface area is 142 Å². The normalized spacial score (nSPS) is 15.8. The van der Waals surface area contributed by atoms with Crippen molar-refractivity contribution in [3.63, 3.8) is 0 Å². The zero-order chi connectivity index (χ0) is 17.7. The maximum absolute atomic E-state index is 11.7. The van der Waals surface area contributed by atoms with Gasteiger partial charge in [-0.1, -0.05) is 6.07 Å². The third-order valence-electron chi connectivity index (χ3n) is 3.89. The standard InChI is InChI=1S/C17H25N5O2/c1-11(12-4-5-12)21-16(23)22-14(18)8-9-19-15-7-6-13(10-20-15)17(2,3)24/h6-12,24H,4-5H2,1-3H3,(H,19,20)(H3,18,21,22,23)/b9-8-/t11-/m0/s1. The number of amidine groups is 1. The minimum atomic E-state index is -0.932. The van der Waals surface area contributed by atoms with E-state index < -0.39 is 5.60 Å². The first kappa shape index (κ1) is 17.9. The fourth-order valence-electron chi connectivity index (χ4n) is 2.17. The fourth-order valence-corrected chi connectivity index (χ4v) is 2.17. The van der Waals surface area contributed by atoms with E-state index in [4.69, 9.17) is 5.41 Å². The molecule has 1 aliphatic rings. The van der Waals surface area contributed by atoms with Crippen molar-refractivity contribution < 1.29 is 9.90 Å². The Morgan fingerprint density at radius 1 is 1.46 bits per heavy atom. The van der Waals surface area contributed by atoms with E-state index in [0.29, 0.717) is 17.3 Å². The number of anilines is 1. The van der Waals surface area contributed by atoms with Crippen molar-refractivity contribution in [2.75, 3.05) is 5.32 Å². The molecule has 0 aromatic carbocycles. The van der Waals surface area contributed by atoms with Crippen LogP contribution in [-0.4, -0.2) is 28.0 Å². The van der Waals surface area contributed by atoms with Gasteiger partial charge in [0.25, 0.3) is 0 Å². The predicted molar refractivity (Wildman–Crippen MR) is 93.8 cm³/mol. The molecule has 1 aromatic heterocycles. The summed E-state index contributed by atoms with van der Waals surface area (Å²) in [4.78, 5) is 15.9. The number of aromatic nitrogens is 1. The number of amides is 2. The lowest BCUT2D eigenvalue weighted by atomic mass is 10.0. The van der Waals surface area contributed by atoms with Crippen LogP contribution in [0.25, 0.3) is 0 Å². The average molecular weight is 331 g/mol. The van der Waals surface area contributed by atoms with Crippen molar-refractivity contribution in [2.24, 2.45) is 5.92 Å². The minimum Gasteiger partial charge on any atom is -0.386 e. The Morgan fingerprint density at radius 3 is 2.71 bits per heavy atom. The van der Waals surface area contributed by atoms with E-state index in [1.54, 1.807) is 32.2 Å². The van der Waals surface area contributed by atoms with Gasteiger partial charge in [-0.3, -0.25) is 10.7 Å². The van der Waals surface area contributed by atoms with E-state index in [0.717, 1.165) is 12.8 Å². The molecule has 5 N–H and O–H groups in total. The van der Waals surface area contributed by atoms with E-state index in [1.807, 2.05) is 6.92 Å². The van der Waals surface area contributed by atoms with Crippen LogP contribution >= 0.6 is 0 Å². The van der Waals surface area contributed by atoms with E-state index in [9.17, 15) is 9.90 Å². The van der Waals surface area contributed by atoms with E-state index >= 15 is 0 Å². The summed E-state index contributed by atoms with van der Waals surface area (Å²) in [5, 5.41) is 25.8. The van der Waals surface area contributed by atoms with Crippen LogP contribution in [0.1, 0.15) is 39.2 Å². The molecule has 7 heteroatoms. The largest absolute Gasteiger partial charge is 0.386 e. The van der Waals surface area contributed by atoms with Crippen LogP contribution in [0.2, 0.25) is 0 Å². The molecule has 0 saturated heterocycles. The number of aliphatic hydroxyl groups is 1. The summed E-state index contributed by atoms with van der Waals surface area (Å²) in [6, 6.07) is 3.29. The molecule has 2 rings (SSSR count). The van der Waals surface area contributed by atoms with Crippen LogP contribution in [0.4, 0.5) is 10.6 Å². The lowest BCUT2D eigenvalue weighted by Gasteiger charge is -2.17. The Morgan fingerprint density at radius 2 is 2.17 bits per heavy atom. The quantitative estimate of drug-likeness (QED) is 0.407. The zero-order valence-electron chi connectivity index (χ0n) is 14.3. The predicted octanol–water partition coefficient (Wildman–Crippen LogP) is 2.31. The number of carbonyl (C=O) groups is 1. The van der Waals surface area contributed by atoms with Gasteiger partial charge in [0.05, 0.1) is 5.60 Å². The van der Waals surface area contributed by atoms with Gasteiger partial charge in [0.2, 0.25) is 0 Å². The molecule has 1 aliphatic carbocycles. The summed E-state index contributed by atoms with van der Waals surface area (Å²) < 4.78 is 0. The molecule has 1 atom stereocenters. The average Bonchev–Trinajstić information content (AvgIpc) is 3.31. The van der Waals surface area contributed by atoms with Gasteiger partial charge >= 0.3 is 6.03 Å². The Hall–Kier alpha value is -2.41. The highest BCUT2D eigenvalue weighted by Gasteiger charge is 2.28. The topological polar surface area (TPSA) is 110 Å². The molecule has 7 nitrogen and oxygen atoms in total. The molecule has 24 heavy (non-hydrogen) atoms. The monoisotopic (exact) mass is 331 g/mol. The highest BCUT2D eigenvalue weighted by Crippen LogP contribution is 2.32. The first-order valence-electron chi connectivity index (χ1n) is 8.04. The Bertz CT molecular complexity index is 615. The number of pyridine rings is 1.